The van der Waals surface area contributed by atoms with Gasteiger partial charge in [-0.1, -0.05) is 27.4 Å². The van der Waals surface area contributed by atoms with Crippen LogP contribution < -0.4 is 5.32 Å². The van der Waals surface area contributed by atoms with Crippen molar-refractivity contribution in [2.75, 3.05) is 6.54 Å². The molecule has 4 saturated carbocycles. The molecule has 0 bridgehead atoms. The maximum atomic E-state index is 11.6. The van der Waals surface area contributed by atoms with Gasteiger partial charge in [0.05, 0.1) is 18.3 Å². The summed E-state index contributed by atoms with van der Waals surface area (Å²) >= 11 is 0. The number of fused-ring (bicyclic) bond motifs is 5. The second-order valence-corrected chi connectivity index (χ2v) is 12.2. The van der Waals surface area contributed by atoms with Crippen molar-refractivity contribution in [2.24, 2.45) is 46.3 Å². The molecule has 0 aromatic carbocycles. The van der Waals surface area contributed by atoms with Gasteiger partial charge in [0.25, 0.3) is 0 Å². The molecule has 0 radical (unpaired) electrons. The van der Waals surface area contributed by atoms with Gasteiger partial charge in [-0.25, -0.2) is 0 Å². The summed E-state index contributed by atoms with van der Waals surface area (Å²) in [4.78, 5) is 0. The van der Waals surface area contributed by atoms with Gasteiger partial charge in [0, 0.05) is 12.2 Å². The van der Waals surface area contributed by atoms with Gasteiger partial charge in [-0.15, -0.1) is 0 Å². The van der Waals surface area contributed by atoms with Crippen LogP contribution in [-0.2, 0) is 0 Å². The molecule has 0 aromatic rings. The number of hydrogen-bond acceptors (Lipinski definition) is 4. The molecule has 0 spiro atoms. The van der Waals surface area contributed by atoms with E-state index in [-0.39, 0.29) is 29.1 Å². The Balaban J connectivity index is 1.54. The van der Waals surface area contributed by atoms with Crippen LogP contribution in [0, 0.1) is 46.3 Å². The first-order valence-corrected chi connectivity index (χ1v) is 13.1. The van der Waals surface area contributed by atoms with Gasteiger partial charge in [-0.05, 0) is 111 Å². The normalized spacial score (nSPS) is 50.2. The number of hydrogen-bond donors (Lipinski definition) is 4. The minimum absolute atomic E-state index is 0.0988. The molecule has 4 rings (SSSR count). The molecular formula is C27H47NO3. The van der Waals surface area contributed by atoms with E-state index in [4.69, 9.17) is 0 Å². The van der Waals surface area contributed by atoms with Gasteiger partial charge < -0.3 is 20.6 Å². The highest BCUT2D eigenvalue weighted by atomic mass is 16.3. The number of aliphatic hydroxyl groups is 3. The molecule has 31 heavy (non-hydrogen) atoms. The fourth-order valence-corrected chi connectivity index (χ4v) is 9.07. The number of allylic oxidation sites excluding steroid dienone is 1. The first-order valence-electron chi connectivity index (χ1n) is 13.1. The fraction of sp³-hybridized carbons (Fsp3) is 0.926. The average Bonchev–Trinajstić information content (AvgIpc) is 3.07. The molecule has 0 saturated heterocycles. The van der Waals surface area contributed by atoms with Crippen LogP contribution in [0.15, 0.2) is 12.3 Å². The Hall–Kier alpha value is -0.580. The first kappa shape index (κ1) is 23.6. The maximum absolute atomic E-state index is 11.6. The predicted octanol–water partition coefficient (Wildman–Crippen LogP) is 4.49. The summed E-state index contributed by atoms with van der Waals surface area (Å²) in [5.41, 5.74) is 1.18. The van der Waals surface area contributed by atoms with Crippen molar-refractivity contribution < 1.29 is 15.3 Å². The molecule has 11 atom stereocenters. The molecule has 4 nitrogen and oxygen atoms in total. The predicted molar refractivity (Wildman–Crippen MR) is 125 cm³/mol. The first-order chi connectivity index (χ1) is 14.6. The smallest absolute Gasteiger partial charge is 0.0602 e. The SMILES string of the molecule is C=C(CCC(C)C1CCC2C3C(O)CC4CC(O)CCC4(C)C3CC(O)C12C)NCC. The van der Waals surface area contributed by atoms with Crippen molar-refractivity contribution in [3.8, 4) is 0 Å². The highest BCUT2D eigenvalue weighted by molar-refractivity contribution is 5.14. The van der Waals surface area contributed by atoms with Crippen LogP contribution in [0.2, 0.25) is 0 Å². The molecule has 178 valence electrons. The summed E-state index contributed by atoms with van der Waals surface area (Å²) in [6.45, 7) is 14.3. The van der Waals surface area contributed by atoms with E-state index < -0.39 is 0 Å². The van der Waals surface area contributed by atoms with Crippen LogP contribution >= 0.6 is 0 Å². The lowest BCUT2D eigenvalue weighted by molar-refractivity contribution is -0.207. The van der Waals surface area contributed by atoms with Crippen LogP contribution in [0.4, 0.5) is 0 Å². The van der Waals surface area contributed by atoms with E-state index in [1.807, 2.05) is 0 Å². The van der Waals surface area contributed by atoms with Crippen molar-refractivity contribution in [3.63, 3.8) is 0 Å². The van der Waals surface area contributed by atoms with Crippen molar-refractivity contribution >= 4 is 0 Å². The van der Waals surface area contributed by atoms with Gasteiger partial charge in [0.1, 0.15) is 0 Å². The molecule has 4 heteroatoms. The Labute approximate surface area is 189 Å². The Morgan fingerprint density at radius 1 is 1.06 bits per heavy atom. The van der Waals surface area contributed by atoms with Crippen molar-refractivity contribution in [3.05, 3.63) is 12.3 Å². The maximum Gasteiger partial charge on any atom is 0.0602 e. The van der Waals surface area contributed by atoms with Crippen molar-refractivity contribution in [1.82, 2.24) is 5.32 Å². The minimum Gasteiger partial charge on any atom is -0.393 e. The van der Waals surface area contributed by atoms with Gasteiger partial charge in [0.15, 0.2) is 0 Å². The quantitative estimate of drug-likeness (QED) is 0.498. The minimum atomic E-state index is -0.291. The van der Waals surface area contributed by atoms with E-state index in [1.54, 1.807) is 0 Å². The largest absolute Gasteiger partial charge is 0.393 e. The molecule has 4 aliphatic carbocycles. The lowest BCUT2D eigenvalue weighted by atomic mass is 9.43. The third kappa shape index (κ3) is 3.79. The summed E-state index contributed by atoms with van der Waals surface area (Å²) in [6.07, 6.45) is 8.02. The lowest BCUT2D eigenvalue weighted by Gasteiger charge is -2.63. The summed E-state index contributed by atoms with van der Waals surface area (Å²) in [5, 5.41) is 36.6. The van der Waals surface area contributed by atoms with E-state index in [0.29, 0.717) is 35.5 Å². The van der Waals surface area contributed by atoms with Crippen LogP contribution in [0.5, 0.6) is 0 Å². The number of nitrogens with one attached hydrogen (secondary N) is 1. The molecule has 11 unspecified atom stereocenters. The molecule has 0 aromatic heterocycles. The van der Waals surface area contributed by atoms with Crippen LogP contribution in [0.1, 0.15) is 85.5 Å². The Kier molecular flexibility index (Phi) is 6.58. The van der Waals surface area contributed by atoms with Gasteiger partial charge in [-0.2, -0.15) is 0 Å². The highest BCUT2D eigenvalue weighted by Gasteiger charge is 2.65. The Bertz CT molecular complexity index is 667. The molecule has 0 amide bonds. The third-order valence-electron chi connectivity index (χ3n) is 10.8. The second kappa shape index (κ2) is 8.65. The van der Waals surface area contributed by atoms with Crippen LogP contribution in [0.3, 0.4) is 0 Å². The molecule has 4 N–H and O–H groups in total. The second-order valence-electron chi connectivity index (χ2n) is 12.2. The van der Waals surface area contributed by atoms with E-state index in [1.165, 1.54) is 6.42 Å². The molecule has 4 fully saturated rings. The van der Waals surface area contributed by atoms with Crippen molar-refractivity contribution in [1.29, 1.82) is 0 Å². The van der Waals surface area contributed by atoms with Gasteiger partial charge in [0.2, 0.25) is 0 Å². The van der Waals surface area contributed by atoms with Gasteiger partial charge in [-0.3, -0.25) is 0 Å². The molecule has 0 heterocycles. The summed E-state index contributed by atoms with van der Waals surface area (Å²) < 4.78 is 0. The van der Waals surface area contributed by atoms with E-state index in [9.17, 15) is 15.3 Å². The summed E-state index contributed by atoms with van der Waals surface area (Å²) in [6, 6.07) is 0. The molecular weight excluding hydrogens is 386 g/mol. The Morgan fingerprint density at radius 2 is 1.81 bits per heavy atom. The zero-order valence-electron chi connectivity index (χ0n) is 20.3. The topological polar surface area (TPSA) is 72.7 Å². The standard InChI is InChI=1S/C27H47NO3/c1-6-28-17(3)8-7-16(2)20-9-10-21-25-22(15-24(31)27(20,21)5)26(4)12-11-19(29)13-18(26)14-23(25)30/h16,18-25,28-31H,3,6-15H2,1-2,4-5H3. The van der Waals surface area contributed by atoms with Gasteiger partial charge >= 0.3 is 0 Å². The lowest BCUT2D eigenvalue weighted by Crippen LogP contribution is -2.62. The number of aliphatic hydroxyl groups excluding tert-OH is 3. The summed E-state index contributed by atoms with van der Waals surface area (Å²) in [5.74, 6) is 2.53. The van der Waals surface area contributed by atoms with Crippen LogP contribution in [0.25, 0.3) is 0 Å². The van der Waals surface area contributed by atoms with E-state index in [2.05, 4.69) is 39.6 Å². The fourth-order valence-electron chi connectivity index (χ4n) is 9.07. The average molecular weight is 434 g/mol. The summed E-state index contributed by atoms with van der Waals surface area (Å²) in [7, 11) is 0. The molecule has 0 aliphatic heterocycles. The third-order valence-corrected chi connectivity index (χ3v) is 10.8. The van der Waals surface area contributed by atoms with E-state index in [0.717, 1.165) is 63.6 Å². The van der Waals surface area contributed by atoms with Crippen LogP contribution in [-0.4, -0.2) is 40.2 Å². The monoisotopic (exact) mass is 433 g/mol. The Morgan fingerprint density at radius 3 is 2.52 bits per heavy atom. The molecule has 4 aliphatic rings. The zero-order valence-corrected chi connectivity index (χ0v) is 20.3. The van der Waals surface area contributed by atoms with E-state index >= 15 is 0 Å². The number of rotatable bonds is 6. The van der Waals surface area contributed by atoms with Crippen molar-refractivity contribution in [2.45, 2.75) is 104 Å². The zero-order chi connectivity index (χ0) is 22.6. The highest BCUT2D eigenvalue weighted by Crippen LogP contribution is 2.68.